The molecular formula is C10H6BrF3O2. The maximum Gasteiger partial charge on any atom is 0.416 e. The monoisotopic (exact) mass is 294 g/mol. The maximum absolute atomic E-state index is 12.3. The number of hydrogen-bond acceptors (Lipinski definition) is 1. The van der Waals surface area contributed by atoms with Gasteiger partial charge in [-0.05, 0) is 23.8 Å². The van der Waals surface area contributed by atoms with Gasteiger partial charge >= 0.3 is 12.1 Å². The molecule has 86 valence electrons. The highest BCUT2D eigenvalue weighted by atomic mass is 79.9. The number of carboxylic acid groups (broad SMARTS) is 1. The lowest BCUT2D eigenvalue weighted by atomic mass is 10.1. The Balaban J connectivity index is 3.05. The molecule has 0 aliphatic heterocycles. The van der Waals surface area contributed by atoms with Gasteiger partial charge in [-0.25, -0.2) is 4.79 Å². The average Bonchev–Trinajstić information content (AvgIpc) is 2.14. The third-order valence-electron chi connectivity index (χ3n) is 1.73. The van der Waals surface area contributed by atoms with E-state index in [0.717, 1.165) is 18.2 Å². The molecule has 0 saturated heterocycles. The molecule has 0 fully saturated rings. The molecule has 1 N–H and O–H groups in total. The van der Waals surface area contributed by atoms with Crippen molar-refractivity contribution in [2.75, 3.05) is 0 Å². The van der Waals surface area contributed by atoms with Crippen molar-refractivity contribution < 1.29 is 23.1 Å². The number of alkyl halides is 3. The van der Waals surface area contributed by atoms with Crippen molar-refractivity contribution in [3.05, 3.63) is 39.9 Å². The van der Waals surface area contributed by atoms with Crippen LogP contribution in [-0.2, 0) is 11.0 Å². The van der Waals surface area contributed by atoms with Crippen molar-refractivity contribution >= 4 is 28.0 Å². The van der Waals surface area contributed by atoms with E-state index in [1.807, 2.05) is 0 Å². The molecule has 1 aromatic carbocycles. The Morgan fingerprint density at radius 3 is 2.44 bits per heavy atom. The van der Waals surface area contributed by atoms with E-state index in [1.165, 1.54) is 12.1 Å². The molecular weight excluding hydrogens is 289 g/mol. The fraction of sp³-hybridized carbons (Fsp3) is 0.100. The second-order valence-corrected chi connectivity index (χ2v) is 3.76. The standard InChI is InChI=1S/C10H6BrF3O2/c11-8-5-7(10(12,13)14)3-1-6(8)2-4-9(15)16/h1-5H,(H,15,16)/b4-2-. The lowest BCUT2D eigenvalue weighted by Gasteiger charge is -2.07. The first-order chi connectivity index (χ1) is 7.30. The van der Waals surface area contributed by atoms with Crippen LogP contribution in [0.15, 0.2) is 28.7 Å². The van der Waals surface area contributed by atoms with Crippen molar-refractivity contribution in [1.29, 1.82) is 0 Å². The fourth-order valence-electron chi connectivity index (χ4n) is 1.000. The number of halogens is 4. The Hall–Kier alpha value is -1.30. The molecule has 16 heavy (non-hydrogen) atoms. The van der Waals surface area contributed by atoms with Gasteiger partial charge in [0.2, 0.25) is 0 Å². The number of hydrogen-bond donors (Lipinski definition) is 1. The highest BCUT2D eigenvalue weighted by Gasteiger charge is 2.30. The molecule has 0 heterocycles. The molecule has 1 aromatic rings. The summed E-state index contributed by atoms with van der Waals surface area (Å²) >= 11 is 2.95. The minimum atomic E-state index is -4.41. The van der Waals surface area contributed by atoms with E-state index in [2.05, 4.69) is 15.9 Å². The van der Waals surface area contributed by atoms with Crippen molar-refractivity contribution in [2.24, 2.45) is 0 Å². The van der Waals surface area contributed by atoms with Gasteiger partial charge < -0.3 is 5.11 Å². The number of rotatable bonds is 2. The van der Waals surface area contributed by atoms with Gasteiger partial charge in [-0.1, -0.05) is 22.0 Å². The highest BCUT2D eigenvalue weighted by molar-refractivity contribution is 9.10. The van der Waals surface area contributed by atoms with Crippen LogP contribution < -0.4 is 0 Å². The summed E-state index contributed by atoms with van der Waals surface area (Å²) in [6, 6.07) is 3.00. The van der Waals surface area contributed by atoms with Crippen molar-refractivity contribution in [1.82, 2.24) is 0 Å². The van der Waals surface area contributed by atoms with Crippen LogP contribution in [0.25, 0.3) is 6.08 Å². The van der Waals surface area contributed by atoms with Gasteiger partial charge in [-0.2, -0.15) is 13.2 Å². The van der Waals surface area contributed by atoms with Crippen molar-refractivity contribution in [3.63, 3.8) is 0 Å². The molecule has 6 heteroatoms. The molecule has 0 radical (unpaired) electrons. The molecule has 0 unspecified atom stereocenters. The molecule has 0 amide bonds. The van der Waals surface area contributed by atoms with E-state index in [0.29, 0.717) is 5.56 Å². The summed E-state index contributed by atoms with van der Waals surface area (Å²) in [6.07, 6.45) is -2.34. The van der Waals surface area contributed by atoms with E-state index in [1.54, 1.807) is 0 Å². The summed E-state index contributed by atoms with van der Waals surface area (Å²) in [5.41, 5.74) is -0.415. The van der Waals surface area contributed by atoms with Gasteiger partial charge in [0, 0.05) is 10.5 Å². The molecule has 0 spiro atoms. The summed E-state index contributed by atoms with van der Waals surface area (Å²) in [5, 5.41) is 8.37. The minimum absolute atomic E-state index is 0.194. The average molecular weight is 295 g/mol. The smallest absolute Gasteiger partial charge is 0.416 e. The number of benzene rings is 1. The summed E-state index contributed by atoms with van der Waals surface area (Å²) in [7, 11) is 0. The summed E-state index contributed by atoms with van der Waals surface area (Å²) in [4.78, 5) is 10.2. The largest absolute Gasteiger partial charge is 0.478 e. The number of aliphatic carboxylic acids is 1. The van der Waals surface area contributed by atoms with Gasteiger partial charge in [0.05, 0.1) is 5.56 Å². The lowest BCUT2D eigenvalue weighted by Crippen LogP contribution is -2.04. The summed E-state index contributed by atoms with van der Waals surface area (Å²) in [5.74, 6) is -1.16. The van der Waals surface area contributed by atoms with Crippen molar-refractivity contribution in [3.8, 4) is 0 Å². The van der Waals surface area contributed by atoms with Gasteiger partial charge in [-0.15, -0.1) is 0 Å². The predicted molar refractivity (Wildman–Crippen MR) is 55.8 cm³/mol. The zero-order valence-electron chi connectivity index (χ0n) is 7.75. The van der Waals surface area contributed by atoms with Crippen LogP contribution in [0.1, 0.15) is 11.1 Å². The third kappa shape index (κ3) is 3.37. The number of carbonyl (C=O) groups is 1. The first kappa shape index (κ1) is 12.8. The molecule has 1 rings (SSSR count). The number of carboxylic acids is 1. The Bertz CT molecular complexity index is 438. The van der Waals surface area contributed by atoms with Crippen molar-refractivity contribution in [2.45, 2.75) is 6.18 Å². The molecule has 0 aliphatic rings. The van der Waals surface area contributed by atoms with Crippen LogP contribution in [0.5, 0.6) is 0 Å². The summed E-state index contributed by atoms with van der Waals surface area (Å²) in [6.45, 7) is 0. The SMILES string of the molecule is O=C(O)/C=C\c1ccc(C(F)(F)F)cc1Br. The van der Waals surface area contributed by atoms with Crippen LogP contribution in [-0.4, -0.2) is 11.1 Å². The maximum atomic E-state index is 12.3. The quantitative estimate of drug-likeness (QED) is 0.847. The van der Waals surface area contributed by atoms with E-state index >= 15 is 0 Å². The normalized spacial score (nSPS) is 12.0. The lowest BCUT2D eigenvalue weighted by molar-refractivity contribution is -0.137. The van der Waals surface area contributed by atoms with E-state index < -0.39 is 17.7 Å². The first-order valence-electron chi connectivity index (χ1n) is 4.08. The Labute approximate surface area is 97.5 Å². The predicted octanol–water partition coefficient (Wildman–Crippen LogP) is 3.57. The Kier molecular flexibility index (Phi) is 3.74. The highest BCUT2D eigenvalue weighted by Crippen LogP contribution is 2.32. The third-order valence-corrected chi connectivity index (χ3v) is 2.42. The molecule has 2 nitrogen and oxygen atoms in total. The van der Waals surface area contributed by atoms with Crippen LogP contribution in [0.3, 0.4) is 0 Å². The first-order valence-corrected chi connectivity index (χ1v) is 4.88. The van der Waals surface area contributed by atoms with Crippen LogP contribution in [0.4, 0.5) is 13.2 Å². The van der Waals surface area contributed by atoms with Crippen LogP contribution in [0, 0.1) is 0 Å². The van der Waals surface area contributed by atoms with Crippen LogP contribution in [0.2, 0.25) is 0 Å². The van der Waals surface area contributed by atoms with E-state index in [-0.39, 0.29) is 4.47 Å². The Morgan fingerprint density at radius 1 is 1.38 bits per heavy atom. The van der Waals surface area contributed by atoms with Gasteiger partial charge in [0.15, 0.2) is 0 Å². The summed E-state index contributed by atoms with van der Waals surface area (Å²) < 4.78 is 37.0. The zero-order chi connectivity index (χ0) is 12.3. The van der Waals surface area contributed by atoms with Gasteiger partial charge in [0.25, 0.3) is 0 Å². The van der Waals surface area contributed by atoms with E-state index in [9.17, 15) is 18.0 Å². The van der Waals surface area contributed by atoms with Crippen LogP contribution >= 0.6 is 15.9 Å². The van der Waals surface area contributed by atoms with Gasteiger partial charge in [0.1, 0.15) is 0 Å². The zero-order valence-corrected chi connectivity index (χ0v) is 9.34. The topological polar surface area (TPSA) is 37.3 Å². The molecule has 0 saturated carbocycles. The van der Waals surface area contributed by atoms with E-state index in [4.69, 9.17) is 5.11 Å². The molecule has 0 aromatic heterocycles. The molecule has 0 aliphatic carbocycles. The second-order valence-electron chi connectivity index (χ2n) is 2.91. The minimum Gasteiger partial charge on any atom is -0.478 e. The molecule has 0 atom stereocenters. The second kappa shape index (κ2) is 4.69. The molecule has 0 bridgehead atoms. The van der Waals surface area contributed by atoms with Gasteiger partial charge in [-0.3, -0.25) is 0 Å². The Morgan fingerprint density at radius 2 is 2.00 bits per heavy atom. The fourth-order valence-corrected chi connectivity index (χ4v) is 1.51.